The van der Waals surface area contributed by atoms with Gasteiger partial charge in [0, 0.05) is 11.7 Å². The number of benzene rings is 1. The van der Waals surface area contributed by atoms with E-state index in [-0.39, 0.29) is 25.0 Å². The molecule has 110 valence electrons. The number of ether oxygens (including phenoxy) is 1. The van der Waals surface area contributed by atoms with Gasteiger partial charge in [-0.2, -0.15) is 0 Å². The van der Waals surface area contributed by atoms with E-state index in [2.05, 4.69) is 5.32 Å². The normalized spacial score (nSPS) is 10.7. The highest BCUT2D eigenvalue weighted by atomic mass is 16.5. The number of carboxylic acid groups (broad SMARTS) is 1. The molecule has 0 saturated heterocycles. The maximum atomic E-state index is 11.9. The van der Waals surface area contributed by atoms with Crippen molar-refractivity contribution in [3.63, 3.8) is 0 Å². The van der Waals surface area contributed by atoms with Crippen molar-refractivity contribution in [1.29, 1.82) is 0 Å². The lowest BCUT2D eigenvalue weighted by atomic mass is 10.3. The molecular formula is C14H20N2O4. The van der Waals surface area contributed by atoms with Crippen molar-refractivity contribution in [2.45, 2.75) is 19.9 Å². The minimum atomic E-state index is -0.948. The Balaban J connectivity index is 2.58. The van der Waals surface area contributed by atoms with Gasteiger partial charge in [0.15, 0.2) is 0 Å². The van der Waals surface area contributed by atoms with Crippen LogP contribution in [0.15, 0.2) is 24.3 Å². The molecule has 0 spiro atoms. The third-order valence-electron chi connectivity index (χ3n) is 2.79. The maximum Gasteiger partial charge on any atom is 0.317 e. The summed E-state index contributed by atoms with van der Waals surface area (Å²) in [5.74, 6) is -0.487. The van der Waals surface area contributed by atoms with Crippen LogP contribution in [-0.4, -0.2) is 48.1 Å². The number of rotatable bonds is 7. The molecule has 0 aliphatic carbocycles. The lowest BCUT2D eigenvalue weighted by molar-refractivity contribution is -0.139. The summed E-state index contributed by atoms with van der Waals surface area (Å²) in [6.45, 7) is 3.58. The molecular weight excluding hydrogens is 260 g/mol. The van der Waals surface area contributed by atoms with Gasteiger partial charge in [-0.15, -0.1) is 0 Å². The predicted octanol–water partition coefficient (Wildman–Crippen LogP) is 1.43. The lowest BCUT2D eigenvalue weighted by Crippen LogP contribution is -2.41. The number of amides is 1. The smallest absolute Gasteiger partial charge is 0.317 e. The van der Waals surface area contributed by atoms with Crippen LogP contribution in [0, 0.1) is 0 Å². The molecule has 0 radical (unpaired) electrons. The van der Waals surface area contributed by atoms with Gasteiger partial charge in [0.2, 0.25) is 5.91 Å². The van der Waals surface area contributed by atoms with Gasteiger partial charge in [-0.3, -0.25) is 14.5 Å². The van der Waals surface area contributed by atoms with Crippen LogP contribution in [0.1, 0.15) is 13.8 Å². The summed E-state index contributed by atoms with van der Waals surface area (Å²) in [6.07, 6.45) is 0. The minimum Gasteiger partial charge on any atom is -0.497 e. The van der Waals surface area contributed by atoms with Crippen molar-refractivity contribution >= 4 is 17.6 Å². The molecule has 20 heavy (non-hydrogen) atoms. The summed E-state index contributed by atoms with van der Waals surface area (Å²) < 4.78 is 5.03. The number of aliphatic carboxylic acids is 1. The van der Waals surface area contributed by atoms with Crippen LogP contribution in [-0.2, 0) is 9.59 Å². The second-order valence-electron chi connectivity index (χ2n) is 4.67. The number of anilines is 1. The van der Waals surface area contributed by atoms with Gasteiger partial charge in [-0.05, 0) is 38.1 Å². The molecule has 1 aromatic carbocycles. The van der Waals surface area contributed by atoms with Crippen LogP contribution in [0.5, 0.6) is 5.75 Å². The molecule has 0 aromatic heterocycles. The van der Waals surface area contributed by atoms with E-state index in [1.54, 1.807) is 36.3 Å². The van der Waals surface area contributed by atoms with Crippen molar-refractivity contribution in [2.24, 2.45) is 0 Å². The monoisotopic (exact) mass is 280 g/mol. The number of carbonyl (C=O) groups is 2. The van der Waals surface area contributed by atoms with Gasteiger partial charge in [0.25, 0.3) is 0 Å². The summed E-state index contributed by atoms with van der Waals surface area (Å²) in [7, 11) is 1.57. The molecule has 6 nitrogen and oxygen atoms in total. The topological polar surface area (TPSA) is 78.9 Å². The SMILES string of the molecule is COc1ccc(NC(=O)CN(CC(=O)O)C(C)C)cc1. The van der Waals surface area contributed by atoms with Crippen molar-refractivity contribution in [3.05, 3.63) is 24.3 Å². The summed E-state index contributed by atoms with van der Waals surface area (Å²) in [6, 6.07) is 6.93. The Kier molecular flexibility index (Phi) is 5.99. The first-order valence-electron chi connectivity index (χ1n) is 6.32. The second-order valence-corrected chi connectivity index (χ2v) is 4.67. The standard InChI is InChI=1S/C14H20N2O4/c1-10(2)16(9-14(18)19)8-13(17)15-11-4-6-12(20-3)7-5-11/h4-7,10H,8-9H2,1-3H3,(H,15,17)(H,18,19). The Morgan fingerprint density at radius 3 is 2.30 bits per heavy atom. The molecule has 2 N–H and O–H groups in total. The van der Waals surface area contributed by atoms with Crippen LogP contribution >= 0.6 is 0 Å². The molecule has 0 aliphatic heterocycles. The quantitative estimate of drug-likeness (QED) is 0.790. The fourth-order valence-electron chi connectivity index (χ4n) is 1.65. The number of methoxy groups -OCH3 is 1. The van der Waals surface area contributed by atoms with E-state index < -0.39 is 5.97 Å². The molecule has 1 aromatic rings. The zero-order chi connectivity index (χ0) is 15.1. The Morgan fingerprint density at radius 2 is 1.85 bits per heavy atom. The molecule has 0 unspecified atom stereocenters. The van der Waals surface area contributed by atoms with Crippen molar-refractivity contribution in [1.82, 2.24) is 4.90 Å². The van der Waals surface area contributed by atoms with E-state index in [4.69, 9.17) is 9.84 Å². The zero-order valence-electron chi connectivity index (χ0n) is 11.9. The fourth-order valence-corrected chi connectivity index (χ4v) is 1.65. The van der Waals surface area contributed by atoms with E-state index in [0.717, 1.165) is 0 Å². The molecule has 0 atom stereocenters. The number of carboxylic acids is 1. The molecule has 1 rings (SSSR count). The first kappa shape index (κ1) is 16.0. The van der Waals surface area contributed by atoms with Gasteiger partial charge < -0.3 is 15.2 Å². The van der Waals surface area contributed by atoms with Crippen LogP contribution < -0.4 is 10.1 Å². The molecule has 1 amide bonds. The largest absolute Gasteiger partial charge is 0.497 e. The van der Waals surface area contributed by atoms with Gasteiger partial charge in [-0.25, -0.2) is 0 Å². The Bertz CT molecular complexity index is 457. The molecule has 0 saturated carbocycles. The van der Waals surface area contributed by atoms with E-state index in [0.29, 0.717) is 11.4 Å². The lowest BCUT2D eigenvalue weighted by Gasteiger charge is -2.23. The Labute approximate surface area is 118 Å². The van der Waals surface area contributed by atoms with E-state index in [9.17, 15) is 9.59 Å². The number of nitrogens with zero attached hydrogens (tertiary/aromatic N) is 1. The first-order chi connectivity index (χ1) is 9.42. The fraction of sp³-hybridized carbons (Fsp3) is 0.429. The van der Waals surface area contributed by atoms with E-state index in [1.807, 2.05) is 13.8 Å². The Morgan fingerprint density at radius 1 is 1.25 bits per heavy atom. The van der Waals surface area contributed by atoms with Crippen LogP contribution in [0.4, 0.5) is 5.69 Å². The molecule has 0 aliphatic rings. The zero-order valence-corrected chi connectivity index (χ0v) is 11.9. The number of hydrogen-bond acceptors (Lipinski definition) is 4. The molecule has 0 heterocycles. The van der Waals surface area contributed by atoms with Gasteiger partial charge in [-0.1, -0.05) is 0 Å². The summed E-state index contributed by atoms with van der Waals surface area (Å²) in [5, 5.41) is 11.5. The van der Waals surface area contributed by atoms with Crippen molar-refractivity contribution in [3.8, 4) is 5.75 Å². The number of nitrogens with one attached hydrogen (secondary N) is 1. The predicted molar refractivity (Wildman–Crippen MR) is 76.0 cm³/mol. The third kappa shape index (κ3) is 5.27. The number of hydrogen-bond donors (Lipinski definition) is 2. The average molecular weight is 280 g/mol. The highest BCUT2D eigenvalue weighted by Crippen LogP contribution is 2.15. The van der Waals surface area contributed by atoms with Crippen LogP contribution in [0.3, 0.4) is 0 Å². The Hall–Kier alpha value is -2.08. The molecule has 6 heteroatoms. The highest BCUT2D eigenvalue weighted by molar-refractivity contribution is 5.92. The van der Waals surface area contributed by atoms with Crippen molar-refractivity contribution in [2.75, 3.05) is 25.5 Å². The maximum absolute atomic E-state index is 11.9. The second kappa shape index (κ2) is 7.49. The van der Waals surface area contributed by atoms with Gasteiger partial charge in [0.1, 0.15) is 5.75 Å². The van der Waals surface area contributed by atoms with Gasteiger partial charge in [0.05, 0.1) is 20.2 Å². The molecule has 0 fully saturated rings. The van der Waals surface area contributed by atoms with E-state index >= 15 is 0 Å². The molecule has 0 bridgehead atoms. The van der Waals surface area contributed by atoms with Crippen molar-refractivity contribution < 1.29 is 19.4 Å². The van der Waals surface area contributed by atoms with Crippen LogP contribution in [0.25, 0.3) is 0 Å². The number of carbonyl (C=O) groups excluding carboxylic acids is 1. The third-order valence-corrected chi connectivity index (χ3v) is 2.79. The highest BCUT2D eigenvalue weighted by Gasteiger charge is 2.16. The van der Waals surface area contributed by atoms with Gasteiger partial charge >= 0.3 is 5.97 Å². The minimum absolute atomic E-state index is 0.0206. The first-order valence-corrected chi connectivity index (χ1v) is 6.32. The van der Waals surface area contributed by atoms with Crippen LogP contribution in [0.2, 0.25) is 0 Å². The summed E-state index contributed by atoms with van der Waals surface area (Å²) in [4.78, 5) is 24.2. The van der Waals surface area contributed by atoms with E-state index in [1.165, 1.54) is 0 Å². The summed E-state index contributed by atoms with van der Waals surface area (Å²) >= 11 is 0. The summed E-state index contributed by atoms with van der Waals surface area (Å²) in [5.41, 5.74) is 0.648. The average Bonchev–Trinajstić information content (AvgIpc) is 2.38.